The standard InChI is InChI=1S/C39H26BrCl2FN2O6/c40-22-8-17-30(46)28(18-22)32-26-15-16-27-31(29(26)19-38(41)36(50)45(37(51)39(32,38)42)25-13-9-23(43)10-14-25)35(49)44(34(27)48)24-11-6-21(7-12-24)33(47)20-4-2-1-3-5-20/h1-15,17-18,27,29,31-32,46H,16,19H2/t27-,29+,31-,32+,38+,39-/m0/s1. The highest BCUT2D eigenvalue weighted by molar-refractivity contribution is 9.10. The van der Waals surface area contributed by atoms with Crippen LogP contribution in [0.4, 0.5) is 15.8 Å². The van der Waals surface area contributed by atoms with Crippen LogP contribution in [0.15, 0.2) is 113 Å². The van der Waals surface area contributed by atoms with Crippen molar-refractivity contribution in [2.24, 2.45) is 17.8 Å². The summed E-state index contributed by atoms with van der Waals surface area (Å²) in [6, 6.07) is 24.3. The number of halogens is 4. The fraction of sp³-hybridized carbons (Fsp3) is 0.205. The van der Waals surface area contributed by atoms with E-state index in [1.54, 1.807) is 72.8 Å². The lowest BCUT2D eigenvalue weighted by Gasteiger charge is -2.50. The minimum Gasteiger partial charge on any atom is -0.508 e. The Morgan fingerprint density at radius 2 is 1.41 bits per heavy atom. The molecule has 2 aliphatic carbocycles. The van der Waals surface area contributed by atoms with E-state index in [0.717, 1.165) is 21.9 Å². The van der Waals surface area contributed by atoms with Gasteiger partial charge in [-0.1, -0.05) is 57.9 Å². The highest BCUT2D eigenvalue weighted by atomic mass is 79.9. The fourth-order valence-corrected chi connectivity index (χ4v) is 9.58. The van der Waals surface area contributed by atoms with Gasteiger partial charge in [0, 0.05) is 27.1 Å². The average molecular weight is 788 g/mol. The molecule has 4 aromatic carbocycles. The first-order valence-corrected chi connectivity index (χ1v) is 17.7. The predicted molar refractivity (Wildman–Crippen MR) is 191 cm³/mol. The maximum atomic E-state index is 14.5. The minimum atomic E-state index is -2.18. The summed E-state index contributed by atoms with van der Waals surface area (Å²) < 4.78 is 14.4. The van der Waals surface area contributed by atoms with Crippen LogP contribution >= 0.6 is 39.1 Å². The van der Waals surface area contributed by atoms with Crippen LogP contribution in [-0.4, -0.2) is 44.3 Å². The molecule has 256 valence electrons. The zero-order chi connectivity index (χ0) is 36.0. The van der Waals surface area contributed by atoms with Gasteiger partial charge in [0.15, 0.2) is 15.5 Å². The Morgan fingerprint density at radius 1 is 0.784 bits per heavy atom. The summed E-state index contributed by atoms with van der Waals surface area (Å²) in [7, 11) is 0. The van der Waals surface area contributed by atoms with Gasteiger partial charge >= 0.3 is 0 Å². The molecule has 0 bridgehead atoms. The van der Waals surface area contributed by atoms with E-state index in [-0.39, 0.29) is 41.3 Å². The van der Waals surface area contributed by atoms with Gasteiger partial charge in [0.05, 0.1) is 23.2 Å². The molecule has 2 saturated heterocycles. The van der Waals surface area contributed by atoms with Gasteiger partial charge in [-0.3, -0.25) is 28.9 Å². The van der Waals surface area contributed by atoms with E-state index in [0.29, 0.717) is 21.2 Å². The molecule has 8 rings (SSSR count). The van der Waals surface area contributed by atoms with Crippen molar-refractivity contribution in [2.45, 2.75) is 28.5 Å². The molecule has 12 heteroatoms. The first-order chi connectivity index (χ1) is 24.4. The number of ketones is 1. The molecular formula is C39H26BrCl2FN2O6. The number of allylic oxidation sites excluding steroid dienone is 2. The normalized spacial score (nSPS) is 28.4. The molecule has 6 atom stereocenters. The molecule has 0 spiro atoms. The quantitative estimate of drug-likeness (QED) is 0.0985. The van der Waals surface area contributed by atoms with Crippen molar-refractivity contribution in [1.29, 1.82) is 0 Å². The number of alkyl halides is 2. The van der Waals surface area contributed by atoms with Crippen molar-refractivity contribution in [3.63, 3.8) is 0 Å². The van der Waals surface area contributed by atoms with Crippen molar-refractivity contribution in [3.05, 3.63) is 136 Å². The van der Waals surface area contributed by atoms with Crippen molar-refractivity contribution in [2.75, 3.05) is 9.80 Å². The number of phenols is 1. The predicted octanol–water partition coefficient (Wildman–Crippen LogP) is 7.29. The second kappa shape index (κ2) is 12.0. The molecule has 8 nitrogen and oxygen atoms in total. The Kier molecular flexibility index (Phi) is 7.86. The molecule has 4 aliphatic rings. The van der Waals surface area contributed by atoms with Crippen molar-refractivity contribution < 1.29 is 33.5 Å². The Hall–Kier alpha value is -4.64. The molecule has 0 aromatic heterocycles. The van der Waals surface area contributed by atoms with Gasteiger partial charge < -0.3 is 5.11 Å². The number of imide groups is 2. The summed E-state index contributed by atoms with van der Waals surface area (Å²) in [5, 5.41) is 11.2. The summed E-state index contributed by atoms with van der Waals surface area (Å²) in [4.78, 5) is 68.0. The van der Waals surface area contributed by atoms with E-state index < -0.39 is 62.9 Å². The first kappa shape index (κ1) is 33.5. The molecule has 1 N–H and O–H groups in total. The summed E-state index contributed by atoms with van der Waals surface area (Å²) >= 11 is 18.2. The van der Waals surface area contributed by atoms with E-state index in [9.17, 15) is 33.5 Å². The molecule has 4 amide bonds. The van der Waals surface area contributed by atoms with Crippen LogP contribution in [0.3, 0.4) is 0 Å². The van der Waals surface area contributed by atoms with Crippen LogP contribution in [-0.2, 0) is 19.2 Å². The third-order valence-electron chi connectivity index (χ3n) is 10.6. The smallest absolute Gasteiger partial charge is 0.258 e. The fourth-order valence-electron chi connectivity index (χ4n) is 8.27. The van der Waals surface area contributed by atoms with Gasteiger partial charge in [-0.15, -0.1) is 23.2 Å². The van der Waals surface area contributed by atoms with Gasteiger partial charge in [0.25, 0.3) is 11.8 Å². The van der Waals surface area contributed by atoms with E-state index in [4.69, 9.17) is 23.2 Å². The van der Waals surface area contributed by atoms with Gasteiger partial charge in [-0.2, -0.15) is 0 Å². The van der Waals surface area contributed by atoms with E-state index in [1.807, 2.05) is 0 Å². The van der Waals surface area contributed by atoms with Crippen molar-refractivity contribution in [1.82, 2.24) is 0 Å². The molecule has 2 heterocycles. The first-order valence-electron chi connectivity index (χ1n) is 16.1. The molecule has 1 saturated carbocycles. The minimum absolute atomic E-state index is 0.0559. The summed E-state index contributed by atoms with van der Waals surface area (Å²) in [6.07, 6.45) is 1.63. The SMILES string of the molecule is O=C(c1ccccc1)c1ccc(N2C(=O)[C@H]3[C@H](CC=C4[C@H]3C[C@@]3(Cl)C(=O)N(c5ccc(F)cc5)C(=O)[C@@]3(Cl)[C@H]4c3cc(Br)ccc3O)C2=O)cc1. The third kappa shape index (κ3) is 4.80. The number of anilines is 2. The summed E-state index contributed by atoms with van der Waals surface area (Å²) in [5.74, 6) is -7.50. The van der Waals surface area contributed by atoms with Crippen LogP contribution in [0, 0.1) is 23.6 Å². The number of rotatable bonds is 5. The van der Waals surface area contributed by atoms with Gasteiger partial charge in [0.1, 0.15) is 11.6 Å². The van der Waals surface area contributed by atoms with Crippen molar-refractivity contribution in [3.8, 4) is 5.75 Å². The molecule has 4 aromatic rings. The van der Waals surface area contributed by atoms with Gasteiger partial charge in [0.2, 0.25) is 11.8 Å². The maximum Gasteiger partial charge on any atom is 0.258 e. The van der Waals surface area contributed by atoms with E-state index in [2.05, 4.69) is 15.9 Å². The second-order valence-corrected chi connectivity index (χ2v) is 15.4. The number of hydrogen-bond donors (Lipinski definition) is 1. The Balaban J connectivity index is 1.21. The molecule has 51 heavy (non-hydrogen) atoms. The Morgan fingerprint density at radius 3 is 2.10 bits per heavy atom. The molecule has 2 aliphatic heterocycles. The van der Waals surface area contributed by atoms with Crippen LogP contribution in [0.25, 0.3) is 0 Å². The Labute approximate surface area is 309 Å². The number of nitrogens with zero attached hydrogens (tertiary/aromatic N) is 2. The highest BCUT2D eigenvalue weighted by Gasteiger charge is 2.77. The zero-order valence-electron chi connectivity index (χ0n) is 26.4. The number of benzene rings is 4. The number of amides is 4. The van der Waals surface area contributed by atoms with Gasteiger partial charge in [-0.25, -0.2) is 9.29 Å². The van der Waals surface area contributed by atoms with E-state index >= 15 is 0 Å². The zero-order valence-corrected chi connectivity index (χ0v) is 29.5. The van der Waals surface area contributed by atoms with Crippen LogP contribution in [0.5, 0.6) is 5.75 Å². The second-order valence-electron chi connectivity index (χ2n) is 13.2. The molecular weight excluding hydrogens is 762 g/mol. The number of phenolic OH excluding ortho intramolecular Hbond substituents is 1. The lowest BCUT2D eigenvalue weighted by molar-refractivity contribution is -0.125. The third-order valence-corrected chi connectivity index (χ3v) is 12.5. The van der Waals surface area contributed by atoms with Crippen molar-refractivity contribution >= 4 is 79.9 Å². The number of aromatic hydroxyl groups is 1. The largest absolute Gasteiger partial charge is 0.508 e. The topological polar surface area (TPSA) is 112 Å². The lowest BCUT2D eigenvalue weighted by Crippen LogP contribution is -2.60. The van der Waals surface area contributed by atoms with Crippen LogP contribution in [0.1, 0.15) is 40.2 Å². The molecule has 0 radical (unpaired) electrons. The number of carbonyl (C=O) groups is 5. The highest BCUT2D eigenvalue weighted by Crippen LogP contribution is 2.66. The summed E-state index contributed by atoms with van der Waals surface area (Å²) in [6.45, 7) is 0. The average Bonchev–Trinajstić information content (AvgIpc) is 3.47. The van der Waals surface area contributed by atoms with Crippen LogP contribution < -0.4 is 9.80 Å². The maximum absolute atomic E-state index is 14.5. The lowest BCUT2D eigenvalue weighted by atomic mass is 9.56. The number of carbonyl (C=O) groups excluding carboxylic acids is 5. The molecule has 0 unspecified atom stereocenters. The monoisotopic (exact) mass is 786 g/mol. The number of fused-ring (bicyclic) bond motifs is 4. The van der Waals surface area contributed by atoms with E-state index in [1.165, 1.54) is 18.2 Å². The summed E-state index contributed by atoms with van der Waals surface area (Å²) in [5.41, 5.74) is 1.92. The Bertz CT molecular complexity index is 2210. The number of hydrogen-bond acceptors (Lipinski definition) is 6. The van der Waals surface area contributed by atoms with Crippen LogP contribution in [0.2, 0.25) is 0 Å². The molecule has 3 fully saturated rings. The van der Waals surface area contributed by atoms with Gasteiger partial charge in [-0.05, 0) is 85.5 Å².